The van der Waals surface area contributed by atoms with Crippen LogP contribution < -0.4 is 4.74 Å². The van der Waals surface area contributed by atoms with E-state index in [2.05, 4.69) is 10.2 Å². The maximum Gasteiger partial charge on any atom is 0.271 e. The Balaban J connectivity index is 1.43. The van der Waals surface area contributed by atoms with Crippen LogP contribution in [0.5, 0.6) is 5.75 Å². The highest BCUT2D eigenvalue weighted by Crippen LogP contribution is 2.27. The Morgan fingerprint density at radius 1 is 1.14 bits per heavy atom. The van der Waals surface area contributed by atoms with E-state index in [1.54, 1.807) is 30.3 Å². The van der Waals surface area contributed by atoms with E-state index in [1.807, 2.05) is 0 Å². The Morgan fingerprint density at radius 2 is 1.79 bits per heavy atom. The molecule has 4 rings (SSSR count). The van der Waals surface area contributed by atoms with Crippen LogP contribution in [0, 0.1) is 5.82 Å². The third kappa shape index (κ3) is 3.61. The normalized spacial score (nSPS) is 14.5. The predicted molar refractivity (Wildman–Crippen MR) is 104 cm³/mol. The quantitative estimate of drug-likeness (QED) is 0.691. The van der Waals surface area contributed by atoms with Crippen LogP contribution >= 0.6 is 0 Å². The summed E-state index contributed by atoms with van der Waals surface area (Å²) in [5.74, 6) is -0.108. The number of methoxy groups -OCH3 is 1. The summed E-state index contributed by atoms with van der Waals surface area (Å²) in [6.45, 7) is 0.218. The summed E-state index contributed by atoms with van der Waals surface area (Å²) in [7, 11) is -2.02. The van der Waals surface area contributed by atoms with E-state index in [0.717, 1.165) is 0 Å². The minimum Gasteiger partial charge on any atom is -0.497 e. The zero-order chi connectivity index (χ0) is 20.6. The molecule has 1 amide bonds. The predicted octanol–water partition coefficient (Wildman–Crippen LogP) is 2.52. The zero-order valence-corrected chi connectivity index (χ0v) is 16.3. The standard InChI is InChI=1S/C20H18FN3O4S/c1-28-15-6-8-16(9-7-15)29(26,27)17-11-24(12-17)20(25)19-10-18(22-23-19)13-2-4-14(21)5-3-13/h2-10,17H,11-12H2,1H3,(H,22,23). The number of carbonyl (C=O) groups is 1. The molecule has 1 N–H and O–H groups in total. The number of aromatic nitrogens is 2. The second kappa shape index (κ2) is 7.32. The van der Waals surface area contributed by atoms with Crippen LogP contribution in [0.4, 0.5) is 4.39 Å². The molecule has 3 aromatic rings. The first kappa shape index (κ1) is 19.1. The monoisotopic (exact) mass is 415 g/mol. The van der Waals surface area contributed by atoms with E-state index in [9.17, 15) is 17.6 Å². The minimum atomic E-state index is -3.53. The molecule has 0 radical (unpaired) electrons. The van der Waals surface area contributed by atoms with Gasteiger partial charge in [0.05, 0.1) is 17.7 Å². The second-order valence-electron chi connectivity index (χ2n) is 6.73. The number of benzene rings is 2. The molecule has 0 aliphatic carbocycles. The third-order valence-corrected chi connectivity index (χ3v) is 7.02. The van der Waals surface area contributed by atoms with Gasteiger partial charge in [0, 0.05) is 18.7 Å². The fourth-order valence-corrected chi connectivity index (χ4v) is 4.78. The summed E-state index contributed by atoms with van der Waals surface area (Å²) >= 11 is 0. The van der Waals surface area contributed by atoms with Crippen LogP contribution in [-0.2, 0) is 9.84 Å². The SMILES string of the molecule is COc1ccc(S(=O)(=O)C2CN(C(=O)c3cc(-c4ccc(F)cc4)n[nH]3)C2)cc1. The van der Waals surface area contributed by atoms with Crippen molar-refractivity contribution in [3.63, 3.8) is 0 Å². The topological polar surface area (TPSA) is 92.4 Å². The summed E-state index contributed by atoms with van der Waals surface area (Å²) in [4.78, 5) is 14.3. The number of H-pyrrole nitrogens is 1. The number of halogens is 1. The Bertz CT molecular complexity index is 1140. The van der Waals surface area contributed by atoms with E-state index in [1.165, 1.54) is 36.3 Å². The third-order valence-electron chi connectivity index (χ3n) is 4.91. The van der Waals surface area contributed by atoms with Crippen LogP contribution in [0.1, 0.15) is 10.5 Å². The van der Waals surface area contributed by atoms with Crippen LogP contribution in [0.25, 0.3) is 11.3 Å². The summed E-state index contributed by atoms with van der Waals surface area (Å²) < 4.78 is 43.5. The lowest BCUT2D eigenvalue weighted by Gasteiger charge is -2.38. The van der Waals surface area contributed by atoms with E-state index >= 15 is 0 Å². The van der Waals surface area contributed by atoms with Crippen molar-refractivity contribution < 1.29 is 22.3 Å². The molecule has 0 unspecified atom stereocenters. The number of rotatable bonds is 5. The molecule has 0 atom stereocenters. The zero-order valence-electron chi connectivity index (χ0n) is 15.5. The van der Waals surface area contributed by atoms with E-state index in [-0.39, 0.29) is 35.4 Å². The fraction of sp³-hybridized carbons (Fsp3) is 0.200. The number of carbonyl (C=O) groups excluding carboxylic acids is 1. The number of ether oxygens (including phenoxy) is 1. The number of likely N-dealkylation sites (tertiary alicyclic amines) is 1. The van der Waals surface area contributed by atoms with Crippen molar-refractivity contribution in [2.75, 3.05) is 20.2 Å². The molecule has 1 aliphatic heterocycles. The lowest BCUT2D eigenvalue weighted by atomic mass is 10.1. The molecule has 2 aromatic carbocycles. The summed E-state index contributed by atoms with van der Waals surface area (Å²) in [6.07, 6.45) is 0. The van der Waals surface area contributed by atoms with Crippen molar-refractivity contribution in [3.8, 4) is 17.0 Å². The lowest BCUT2D eigenvalue weighted by molar-refractivity contribution is 0.0652. The van der Waals surface area contributed by atoms with Crippen molar-refractivity contribution in [2.45, 2.75) is 10.1 Å². The molecular formula is C20H18FN3O4S. The first-order chi connectivity index (χ1) is 13.9. The first-order valence-electron chi connectivity index (χ1n) is 8.87. The van der Waals surface area contributed by atoms with Gasteiger partial charge in [0.2, 0.25) is 0 Å². The summed E-state index contributed by atoms with van der Waals surface area (Å²) in [5.41, 5.74) is 1.44. The Kier molecular flexibility index (Phi) is 4.83. The van der Waals surface area contributed by atoms with Gasteiger partial charge < -0.3 is 9.64 Å². The molecule has 29 heavy (non-hydrogen) atoms. The smallest absolute Gasteiger partial charge is 0.271 e. The van der Waals surface area contributed by atoms with Crippen LogP contribution in [0.2, 0.25) is 0 Å². The van der Waals surface area contributed by atoms with Crippen LogP contribution in [-0.4, -0.2) is 54.9 Å². The molecule has 1 aliphatic rings. The number of amides is 1. The lowest BCUT2D eigenvalue weighted by Crippen LogP contribution is -2.56. The van der Waals surface area contributed by atoms with Gasteiger partial charge in [-0.2, -0.15) is 5.10 Å². The molecule has 0 spiro atoms. The average molecular weight is 415 g/mol. The highest BCUT2D eigenvalue weighted by molar-refractivity contribution is 7.92. The van der Waals surface area contributed by atoms with Crippen molar-refractivity contribution in [1.29, 1.82) is 0 Å². The van der Waals surface area contributed by atoms with Crippen molar-refractivity contribution in [2.24, 2.45) is 0 Å². The van der Waals surface area contributed by atoms with Gasteiger partial charge in [-0.05, 0) is 54.6 Å². The molecule has 1 fully saturated rings. The Hall–Kier alpha value is -3.20. The van der Waals surface area contributed by atoms with Gasteiger partial charge in [0.1, 0.15) is 22.5 Å². The molecule has 2 heterocycles. The van der Waals surface area contributed by atoms with Gasteiger partial charge >= 0.3 is 0 Å². The number of hydrogen-bond donors (Lipinski definition) is 1. The minimum absolute atomic E-state index is 0.109. The number of sulfone groups is 1. The van der Waals surface area contributed by atoms with Gasteiger partial charge in [0.25, 0.3) is 5.91 Å². The van der Waals surface area contributed by atoms with Gasteiger partial charge in [0.15, 0.2) is 9.84 Å². The molecule has 1 aromatic heterocycles. The highest BCUT2D eigenvalue weighted by Gasteiger charge is 2.41. The summed E-state index contributed by atoms with van der Waals surface area (Å²) in [5, 5.41) is 6.10. The van der Waals surface area contributed by atoms with Crippen molar-refractivity contribution in [3.05, 3.63) is 66.1 Å². The molecule has 150 valence electrons. The number of hydrogen-bond acceptors (Lipinski definition) is 5. The number of aromatic amines is 1. The van der Waals surface area contributed by atoms with Gasteiger partial charge in [-0.25, -0.2) is 12.8 Å². The van der Waals surface area contributed by atoms with Gasteiger partial charge in [-0.3, -0.25) is 9.89 Å². The molecular weight excluding hydrogens is 397 g/mol. The maximum atomic E-state index is 13.0. The summed E-state index contributed by atoms with van der Waals surface area (Å²) in [6, 6.07) is 13.5. The van der Waals surface area contributed by atoms with Crippen LogP contribution in [0.3, 0.4) is 0 Å². The maximum absolute atomic E-state index is 13.0. The highest BCUT2D eigenvalue weighted by atomic mass is 32.2. The number of nitrogens with one attached hydrogen (secondary N) is 1. The fourth-order valence-electron chi connectivity index (χ4n) is 3.13. The van der Waals surface area contributed by atoms with E-state index in [4.69, 9.17) is 4.74 Å². The molecule has 7 nitrogen and oxygen atoms in total. The second-order valence-corrected chi connectivity index (χ2v) is 8.95. The molecule has 1 saturated heterocycles. The Labute approximate surface area is 167 Å². The van der Waals surface area contributed by atoms with Crippen molar-refractivity contribution >= 4 is 15.7 Å². The molecule has 0 bridgehead atoms. The largest absolute Gasteiger partial charge is 0.497 e. The molecule has 0 saturated carbocycles. The number of nitrogens with zero attached hydrogens (tertiary/aromatic N) is 2. The van der Waals surface area contributed by atoms with Gasteiger partial charge in [-0.1, -0.05) is 0 Å². The van der Waals surface area contributed by atoms with E-state index in [0.29, 0.717) is 17.0 Å². The van der Waals surface area contributed by atoms with Crippen LogP contribution in [0.15, 0.2) is 59.5 Å². The molecule has 9 heteroatoms. The average Bonchev–Trinajstić information content (AvgIpc) is 3.17. The Morgan fingerprint density at radius 3 is 2.41 bits per heavy atom. The van der Waals surface area contributed by atoms with Crippen molar-refractivity contribution in [1.82, 2.24) is 15.1 Å². The van der Waals surface area contributed by atoms with Gasteiger partial charge in [-0.15, -0.1) is 0 Å². The van der Waals surface area contributed by atoms with E-state index < -0.39 is 15.1 Å². The first-order valence-corrected chi connectivity index (χ1v) is 10.4.